The van der Waals surface area contributed by atoms with E-state index in [0.29, 0.717) is 13.2 Å². The number of likely N-dealkylation sites (N-methyl/N-ethyl adjacent to an activating group) is 1. The molecule has 2 N–H and O–H groups in total. The van der Waals surface area contributed by atoms with Gasteiger partial charge in [-0.15, -0.1) is 11.3 Å². The molecule has 7 heteroatoms. The van der Waals surface area contributed by atoms with E-state index < -0.39 is 5.60 Å². The van der Waals surface area contributed by atoms with Crippen LogP contribution in [0.4, 0.5) is 5.00 Å². The number of hydrogen-bond acceptors (Lipinski definition) is 6. The lowest BCUT2D eigenvalue weighted by Gasteiger charge is -2.28. The number of nitrogens with one attached hydrogen (secondary N) is 1. The molecule has 152 valence electrons. The van der Waals surface area contributed by atoms with Gasteiger partial charge in [-0.25, -0.2) is 0 Å². The first-order valence-electron chi connectivity index (χ1n) is 9.45. The number of carbonyl (C=O) groups excluding carboxylic acids is 1. The largest absolute Gasteiger partial charge is 0.492 e. The topological polar surface area (TPSA) is 65.0 Å². The third-order valence-electron chi connectivity index (χ3n) is 4.71. The number of ether oxygens (including phenoxy) is 1. The van der Waals surface area contributed by atoms with Crippen LogP contribution in [0.1, 0.15) is 29.9 Å². The Bertz CT molecular complexity index is 832. The maximum absolute atomic E-state index is 11.2. The van der Waals surface area contributed by atoms with E-state index in [2.05, 4.69) is 22.3 Å². The Kier molecular flexibility index (Phi) is 6.40. The van der Waals surface area contributed by atoms with Gasteiger partial charge in [-0.1, -0.05) is 6.07 Å². The van der Waals surface area contributed by atoms with Crippen molar-refractivity contribution in [1.29, 1.82) is 0 Å². The highest BCUT2D eigenvalue weighted by atomic mass is 32.1. The number of anilines is 1. The van der Waals surface area contributed by atoms with Gasteiger partial charge in [0.2, 0.25) is 5.91 Å². The maximum Gasteiger partial charge on any atom is 0.221 e. The molecule has 1 atom stereocenters. The van der Waals surface area contributed by atoms with Crippen LogP contribution < -0.4 is 10.1 Å². The summed E-state index contributed by atoms with van der Waals surface area (Å²) in [6.07, 6.45) is 0. The fourth-order valence-corrected chi connectivity index (χ4v) is 4.55. The van der Waals surface area contributed by atoms with Crippen molar-refractivity contribution in [3.05, 3.63) is 46.3 Å². The lowest BCUT2D eigenvalue weighted by atomic mass is 9.93. The molecule has 0 saturated carbocycles. The average Bonchev–Trinajstić information content (AvgIpc) is 2.90. The van der Waals surface area contributed by atoms with Crippen molar-refractivity contribution < 1.29 is 14.6 Å². The van der Waals surface area contributed by atoms with E-state index >= 15 is 0 Å². The van der Waals surface area contributed by atoms with Gasteiger partial charge >= 0.3 is 0 Å². The molecular formula is C21H29N3O3S. The van der Waals surface area contributed by atoms with Crippen molar-refractivity contribution in [3.8, 4) is 5.75 Å². The summed E-state index contributed by atoms with van der Waals surface area (Å²) >= 11 is 1.60. The molecule has 1 aliphatic heterocycles. The van der Waals surface area contributed by atoms with Gasteiger partial charge in [0.15, 0.2) is 0 Å². The van der Waals surface area contributed by atoms with Crippen LogP contribution in [-0.2, 0) is 23.5 Å². The quantitative estimate of drug-likeness (QED) is 0.777. The molecule has 6 nitrogen and oxygen atoms in total. The number of fused-ring (bicyclic) bond motifs is 1. The molecule has 0 aliphatic carbocycles. The van der Waals surface area contributed by atoms with E-state index in [0.717, 1.165) is 41.5 Å². The standard InChI is InChI=1S/C21H29N3O3S/c1-15(25)22-20-8-6-18(28-20)13-24-9-10-27-19-7-5-17(11-16(19)12-24)21(2,26)14-23(3)4/h5-8,11,26H,9-10,12-14H2,1-4H3,(H,22,25). The molecule has 0 fully saturated rings. The van der Waals surface area contributed by atoms with E-state index in [4.69, 9.17) is 4.74 Å². The molecule has 1 aromatic heterocycles. The van der Waals surface area contributed by atoms with Crippen LogP contribution in [0.2, 0.25) is 0 Å². The molecular weight excluding hydrogens is 374 g/mol. The fraction of sp³-hybridized carbons (Fsp3) is 0.476. The van der Waals surface area contributed by atoms with Crippen molar-refractivity contribution in [2.24, 2.45) is 0 Å². The monoisotopic (exact) mass is 403 g/mol. The summed E-state index contributed by atoms with van der Waals surface area (Å²) in [6, 6.07) is 9.99. The summed E-state index contributed by atoms with van der Waals surface area (Å²) in [5.74, 6) is 0.833. The molecule has 0 bridgehead atoms. The second-order valence-corrected chi connectivity index (χ2v) is 9.01. The smallest absolute Gasteiger partial charge is 0.221 e. The number of benzene rings is 1. The molecule has 2 heterocycles. The van der Waals surface area contributed by atoms with E-state index in [1.807, 2.05) is 44.1 Å². The molecule has 28 heavy (non-hydrogen) atoms. The molecule has 0 radical (unpaired) electrons. The van der Waals surface area contributed by atoms with Crippen LogP contribution in [0.5, 0.6) is 5.75 Å². The van der Waals surface area contributed by atoms with E-state index in [1.54, 1.807) is 11.3 Å². The molecule has 1 amide bonds. The van der Waals surface area contributed by atoms with Crippen molar-refractivity contribution in [1.82, 2.24) is 9.80 Å². The molecule has 1 unspecified atom stereocenters. The Morgan fingerprint density at radius 3 is 2.86 bits per heavy atom. The van der Waals surface area contributed by atoms with Crippen LogP contribution in [0.15, 0.2) is 30.3 Å². The Morgan fingerprint density at radius 2 is 2.14 bits per heavy atom. The SMILES string of the molecule is CC(=O)Nc1ccc(CN2CCOc3ccc(C(C)(O)CN(C)C)cc3C2)s1. The first kappa shape index (κ1) is 20.8. The number of nitrogens with zero attached hydrogens (tertiary/aromatic N) is 2. The van der Waals surface area contributed by atoms with Gasteiger partial charge in [-0.2, -0.15) is 0 Å². The van der Waals surface area contributed by atoms with Crippen molar-refractivity contribution >= 4 is 22.2 Å². The minimum atomic E-state index is -0.920. The minimum Gasteiger partial charge on any atom is -0.492 e. The molecule has 3 rings (SSSR count). The highest BCUT2D eigenvalue weighted by Gasteiger charge is 2.26. The second-order valence-electron chi connectivity index (χ2n) is 7.84. The first-order valence-corrected chi connectivity index (χ1v) is 10.3. The predicted molar refractivity (Wildman–Crippen MR) is 113 cm³/mol. The summed E-state index contributed by atoms with van der Waals surface area (Å²) in [6.45, 7) is 6.93. The van der Waals surface area contributed by atoms with Crippen molar-refractivity contribution in [3.63, 3.8) is 0 Å². The maximum atomic E-state index is 11.2. The zero-order valence-corrected chi connectivity index (χ0v) is 17.8. The highest BCUT2D eigenvalue weighted by Crippen LogP contribution is 2.31. The Labute approximate surface area is 170 Å². The fourth-order valence-electron chi connectivity index (χ4n) is 3.55. The van der Waals surface area contributed by atoms with E-state index in [-0.39, 0.29) is 5.91 Å². The summed E-state index contributed by atoms with van der Waals surface area (Å²) in [7, 11) is 3.91. The van der Waals surface area contributed by atoms with Gasteiger partial charge in [-0.3, -0.25) is 9.69 Å². The lowest BCUT2D eigenvalue weighted by Crippen LogP contribution is -2.34. The van der Waals surface area contributed by atoms with Gasteiger partial charge < -0.3 is 20.1 Å². The Hall–Kier alpha value is -1.93. The summed E-state index contributed by atoms with van der Waals surface area (Å²) in [5, 5.41) is 14.6. The summed E-state index contributed by atoms with van der Waals surface area (Å²) in [4.78, 5) is 16.7. The summed E-state index contributed by atoms with van der Waals surface area (Å²) in [5.41, 5.74) is 1.07. The van der Waals surface area contributed by atoms with E-state index in [1.165, 1.54) is 11.8 Å². The van der Waals surface area contributed by atoms with Gasteiger partial charge in [0.1, 0.15) is 12.4 Å². The highest BCUT2D eigenvalue weighted by molar-refractivity contribution is 7.16. The van der Waals surface area contributed by atoms with Crippen molar-refractivity contribution in [2.45, 2.75) is 32.5 Å². The molecule has 0 saturated heterocycles. The van der Waals surface area contributed by atoms with Gasteiger partial charge in [0.05, 0.1) is 10.6 Å². The van der Waals surface area contributed by atoms with E-state index in [9.17, 15) is 9.90 Å². The van der Waals surface area contributed by atoms with Gasteiger partial charge in [-0.05, 0) is 50.8 Å². The normalized spacial score (nSPS) is 16.8. The first-order chi connectivity index (χ1) is 13.2. The molecule has 1 aliphatic rings. The number of aliphatic hydroxyl groups is 1. The summed E-state index contributed by atoms with van der Waals surface area (Å²) < 4.78 is 5.94. The molecule has 0 spiro atoms. The van der Waals surface area contributed by atoms with Gasteiger partial charge in [0, 0.05) is 43.5 Å². The zero-order chi connectivity index (χ0) is 20.3. The van der Waals surface area contributed by atoms with Crippen molar-refractivity contribution in [2.75, 3.05) is 39.1 Å². The number of thiophene rings is 1. The van der Waals surface area contributed by atoms with Gasteiger partial charge in [0.25, 0.3) is 0 Å². The minimum absolute atomic E-state index is 0.0530. The van der Waals surface area contributed by atoms with Crippen LogP contribution in [0.3, 0.4) is 0 Å². The predicted octanol–water partition coefficient (Wildman–Crippen LogP) is 2.87. The number of carbonyl (C=O) groups is 1. The van der Waals surface area contributed by atoms with Crippen LogP contribution in [0.25, 0.3) is 0 Å². The second kappa shape index (κ2) is 8.61. The van der Waals surface area contributed by atoms with Crippen LogP contribution in [-0.4, -0.2) is 54.6 Å². The Balaban J connectivity index is 1.75. The van der Waals surface area contributed by atoms with Crippen LogP contribution >= 0.6 is 11.3 Å². The third-order valence-corrected chi connectivity index (χ3v) is 5.69. The zero-order valence-electron chi connectivity index (χ0n) is 17.0. The number of rotatable bonds is 6. The molecule has 2 aromatic rings. The van der Waals surface area contributed by atoms with Crippen LogP contribution in [0, 0.1) is 0 Å². The molecule has 1 aromatic carbocycles. The third kappa shape index (κ3) is 5.32. The number of hydrogen-bond donors (Lipinski definition) is 2. The average molecular weight is 404 g/mol. The number of amides is 1. The Morgan fingerprint density at radius 1 is 1.36 bits per heavy atom. The lowest BCUT2D eigenvalue weighted by molar-refractivity contribution is -0.114.